The summed E-state index contributed by atoms with van der Waals surface area (Å²) in [5.41, 5.74) is -3.59. The Morgan fingerprint density at radius 3 is 2.47 bits per heavy atom. The third-order valence-electron chi connectivity index (χ3n) is 6.14. The molecule has 1 fully saturated rings. The highest BCUT2D eigenvalue weighted by Gasteiger charge is 2.65. The Balaban J connectivity index is 2.08. The number of rotatable bonds is 6. The Labute approximate surface area is 190 Å². The number of methoxy groups -OCH3 is 1. The largest absolute Gasteiger partial charge is 0.493 e. The van der Waals surface area contributed by atoms with Crippen molar-refractivity contribution >= 4 is 11.6 Å². The van der Waals surface area contributed by atoms with Gasteiger partial charge in [-0.25, -0.2) is 13.2 Å². The predicted molar refractivity (Wildman–Crippen MR) is 108 cm³/mol. The first-order valence-electron chi connectivity index (χ1n) is 10.1. The summed E-state index contributed by atoms with van der Waals surface area (Å²) in [6, 6.07) is 4.55. The molecular weight excluding hydrogens is 470 g/mol. The Hall–Kier alpha value is -2.86. The Bertz CT molecular complexity index is 1050. The third-order valence-corrected chi connectivity index (χ3v) is 6.14. The van der Waals surface area contributed by atoms with Crippen LogP contribution in [0.4, 0.5) is 32.0 Å². The van der Waals surface area contributed by atoms with Gasteiger partial charge in [0.2, 0.25) is 0 Å². The van der Waals surface area contributed by atoms with Crippen molar-refractivity contribution in [1.82, 2.24) is 4.98 Å². The fourth-order valence-corrected chi connectivity index (χ4v) is 4.05. The van der Waals surface area contributed by atoms with Crippen molar-refractivity contribution in [1.29, 1.82) is 0 Å². The minimum absolute atomic E-state index is 0.115. The summed E-state index contributed by atoms with van der Waals surface area (Å²) in [7, 11) is 0.990. The lowest BCUT2D eigenvalue weighted by atomic mass is 9.76. The molecule has 0 saturated carbocycles. The molecular formula is C22H22F6N2O4. The van der Waals surface area contributed by atoms with Crippen LogP contribution in [0.3, 0.4) is 0 Å². The van der Waals surface area contributed by atoms with E-state index in [0.717, 1.165) is 26.2 Å². The Morgan fingerprint density at radius 2 is 1.97 bits per heavy atom. The number of hydrogen-bond acceptors (Lipinski definition) is 5. The zero-order valence-electron chi connectivity index (χ0n) is 18.3. The van der Waals surface area contributed by atoms with E-state index >= 15 is 0 Å². The van der Waals surface area contributed by atoms with E-state index in [9.17, 15) is 31.1 Å². The zero-order valence-corrected chi connectivity index (χ0v) is 18.3. The first-order chi connectivity index (χ1) is 15.9. The Kier molecular flexibility index (Phi) is 7.13. The molecule has 2 heterocycles. The van der Waals surface area contributed by atoms with Crippen LogP contribution in [0.15, 0.2) is 30.5 Å². The van der Waals surface area contributed by atoms with E-state index < -0.39 is 59.2 Å². The van der Waals surface area contributed by atoms with Crippen molar-refractivity contribution in [3.05, 3.63) is 53.1 Å². The fraction of sp³-hybridized carbons (Fsp3) is 0.455. The van der Waals surface area contributed by atoms with E-state index in [1.807, 2.05) is 0 Å². The Morgan fingerprint density at radius 1 is 1.29 bits per heavy atom. The molecule has 6 nitrogen and oxygen atoms in total. The molecule has 0 bridgehead atoms. The van der Waals surface area contributed by atoms with Gasteiger partial charge in [-0.05, 0) is 25.1 Å². The van der Waals surface area contributed by atoms with Crippen LogP contribution in [0.25, 0.3) is 0 Å². The first kappa shape index (κ1) is 25.8. The minimum atomic E-state index is -4.90. The summed E-state index contributed by atoms with van der Waals surface area (Å²) in [6.45, 7) is 1.59. The van der Waals surface area contributed by atoms with Gasteiger partial charge in [0.15, 0.2) is 17.2 Å². The van der Waals surface area contributed by atoms with Crippen molar-refractivity contribution in [2.24, 2.45) is 5.92 Å². The van der Waals surface area contributed by atoms with Gasteiger partial charge in [-0.1, -0.05) is 13.0 Å². The standard InChI is InChI=1S/C22H22F6N2O4/c1-10-15(13-6-7-14(19(24)25)16(23)17(13)33-3)18(34-21(10,2)22(26,27)28)20(32)30-11-4-5-12(9-31)29-8-11/h4-8,10,15,18-19,31H,9H2,1-3H3,(H,30,32)/t10-,15-,18+,21+/m0/s1. The average molecular weight is 492 g/mol. The van der Waals surface area contributed by atoms with E-state index in [4.69, 9.17) is 14.6 Å². The second-order valence-corrected chi connectivity index (χ2v) is 8.04. The third kappa shape index (κ3) is 4.43. The van der Waals surface area contributed by atoms with Gasteiger partial charge >= 0.3 is 6.18 Å². The molecule has 3 rings (SSSR count). The number of carbonyl (C=O) groups is 1. The molecule has 12 heteroatoms. The number of alkyl halides is 5. The molecule has 34 heavy (non-hydrogen) atoms. The van der Waals surface area contributed by atoms with Gasteiger partial charge < -0.3 is 19.9 Å². The van der Waals surface area contributed by atoms with Gasteiger partial charge in [0.05, 0.1) is 36.9 Å². The highest BCUT2D eigenvalue weighted by Crippen LogP contribution is 2.55. The van der Waals surface area contributed by atoms with E-state index in [0.29, 0.717) is 5.69 Å². The molecule has 1 amide bonds. The molecule has 1 aliphatic rings. The van der Waals surface area contributed by atoms with Gasteiger partial charge in [-0.2, -0.15) is 13.2 Å². The maximum absolute atomic E-state index is 14.7. The number of carbonyl (C=O) groups excluding carboxylic acids is 1. The van der Waals surface area contributed by atoms with E-state index in [2.05, 4.69) is 10.3 Å². The predicted octanol–water partition coefficient (Wildman–Crippen LogP) is 4.74. The number of benzene rings is 1. The number of nitrogens with one attached hydrogen (secondary N) is 1. The lowest BCUT2D eigenvalue weighted by molar-refractivity contribution is -0.272. The van der Waals surface area contributed by atoms with E-state index in [1.165, 1.54) is 25.3 Å². The number of anilines is 1. The zero-order chi connectivity index (χ0) is 25.4. The van der Waals surface area contributed by atoms with Gasteiger partial charge in [-0.3, -0.25) is 9.78 Å². The maximum Gasteiger partial charge on any atom is 0.417 e. The molecule has 1 saturated heterocycles. The van der Waals surface area contributed by atoms with Crippen molar-refractivity contribution in [2.45, 2.75) is 50.7 Å². The van der Waals surface area contributed by atoms with Gasteiger partial charge in [0.25, 0.3) is 12.3 Å². The normalized spacial score (nSPS) is 25.0. The summed E-state index contributed by atoms with van der Waals surface area (Å²) in [5.74, 6) is -5.91. The van der Waals surface area contributed by atoms with Crippen LogP contribution in [0.1, 0.15) is 43.0 Å². The van der Waals surface area contributed by atoms with Crippen LogP contribution < -0.4 is 10.1 Å². The summed E-state index contributed by atoms with van der Waals surface area (Å²) in [6.07, 6.45) is -8.67. The van der Waals surface area contributed by atoms with Crippen LogP contribution in [0.5, 0.6) is 5.75 Å². The maximum atomic E-state index is 14.7. The molecule has 1 aromatic carbocycles. The van der Waals surface area contributed by atoms with Gasteiger partial charge in [0, 0.05) is 17.4 Å². The topological polar surface area (TPSA) is 80.7 Å². The number of aliphatic hydroxyl groups excluding tert-OH is 1. The number of aromatic nitrogens is 1. The number of aliphatic hydroxyl groups is 1. The molecule has 0 spiro atoms. The molecule has 0 radical (unpaired) electrons. The quantitative estimate of drug-likeness (QED) is 0.570. The number of pyridine rings is 1. The lowest BCUT2D eigenvalue weighted by Crippen LogP contribution is -2.47. The first-order valence-corrected chi connectivity index (χ1v) is 10.1. The molecule has 186 valence electrons. The van der Waals surface area contributed by atoms with Gasteiger partial charge in [-0.15, -0.1) is 0 Å². The average Bonchev–Trinajstić information content (AvgIpc) is 3.05. The lowest BCUT2D eigenvalue weighted by Gasteiger charge is -2.32. The molecule has 0 aliphatic carbocycles. The highest BCUT2D eigenvalue weighted by molar-refractivity contribution is 5.95. The second kappa shape index (κ2) is 9.41. The van der Waals surface area contributed by atoms with E-state index in [1.54, 1.807) is 0 Å². The summed E-state index contributed by atoms with van der Waals surface area (Å²) in [5, 5.41) is 11.5. The van der Waals surface area contributed by atoms with Crippen LogP contribution in [-0.4, -0.2) is 41.0 Å². The molecule has 2 N–H and O–H groups in total. The monoisotopic (exact) mass is 492 g/mol. The van der Waals surface area contributed by atoms with E-state index in [-0.39, 0.29) is 17.9 Å². The van der Waals surface area contributed by atoms with Crippen molar-refractivity contribution < 1.29 is 45.7 Å². The molecule has 1 aliphatic heterocycles. The van der Waals surface area contributed by atoms with Crippen molar-refractivity contribution in [3.8, 4) is 5.75 Å². The smallest absolute Gasteiger partial charge is 0.417 e. The minimum Gasteiger partial charge on any atom is -0.493 e. The highest BCUT2D eigenvalue weighted by atomic mass is 19.4. The van der Waals surface area contributed by atoms with Crippen molar-refractivity contribution in [3.63, 3.8) is 0 Å². The van der Waals surface area contributed by atoms with Crippen LogP contribution in [0.2, 0.25) is 0 Å². The number of nitrogens with zero attached hydrogens (tertiary/aromatic N) is 1. The number of halogens is 6. The number of hydrogen-bond donors (Lipinski definition) is 2. The SMILES string of the molecule is COc1c([C@H]2[C@H](C(=O)Nc3ccc(CO)nc3)O[C@@](C)(C(F)(F)F)[C@H]2C)ccc(C(F)F)c1F. The molecule has 4 atom stereocenters. The van der Waals surface area contributed by atoms with Crippen LogP contribution >= 0.6 is 0 Å². The summed E-state index contributed by atoms with van der Waals surface area (Å²) in [4.78, 5) is 16.9. The number of ether oxygens (including phenoxy) is 2. The fourth-order valence-electron chi connectivity index (χ4n) is 4.05. The molecule has 2 aromatic rings. The summed E-state index contributed by atoms with van der Waals surface area (Å²) < 4.78 is 93.2. The van der Waals surface area contributed by atoms with Gasteiger partial charge in [0.1, 0.15) is 6.10 Å². The number of amides is 1. The van der Waals surface area contributed by atoms with Crippen molar-refractivity contribution in [2.75, 3.05) is 12.4 Å². The second-order valence-electron chi connectivity index (χ2n) is 8.04. The summed E-state index contributed by atoms with van der Waals surface area (Å²) >= 11 is 0. The molecule has 1 aromatic heterocycles. The van der Waals surface area contributed by atoms with Crippen LogP contribution in [-0.2, 0) is 16.1 Å². The van der Waals surface area contributed by atoms with Crippen LogP contribution in [0, 0.1) is 11.7 Å². The molecule has 0 unspecified atom stereocenters.